The Morgan fingerprint density at radius 3 is 2.96 bits per heavy atom. The molecular formula is C18H15N3O3S. The van der Waals surface area contributed by atoms with Gasteiger partial charge in [0.2, 0.25) is 0 Å². The molecule has 0 spiro atoms. The number of aromatic nitrogens is 3. The molecule has 0 aliphatic rings. The number of aromatic amines is 1. The normalized spacial score (nSPS) is 11.2. The summed E-state index contributed by atoms with van der Waals surface area (Å²) in [4.78, 5) is 28.6. The minimum absolute atomic E-state index is 0.156. The van der Waals surface area contributed by atoms with Gasteiger partial charge in [0.05, 0.1) is 4.88 Å². The molecule has 126 valence electrons. The molecular weight excluding hydrogens is 338 g/mol. The number of hydrogen-bond acceptors (Lipinski definition) is 5. The van der Waals surface area contributed by atoms with Crippen molar-refractivity contribution < 1.29 is 9.21 Å². The number of para-hydroxylation sites is 1. The van der Waals surface area contributed by atoms with Gasteiger partial charge in [0, 0.05) is 22.7 Å². The lowest BCUT2D eigenvalue weighted by Gasteiger charge is -2.01. The first-order chi connectivity index (χ1) is 12.2. The molecule has 0 amide bonds. The number of H-pyrrole nitrogens is 1. The fourth-order valence-electron chi connectivity index (χ4n) is 2.87. The molecule has 0 saturated heterocycles. The van der Waals surface area contributed by atoms with E-state index in [0.717, 1.165) is 32.4 Å². The van der Waals surface area contributed by atoms with Crippen LogP contribution in [0.3, 0.4) is 0 Å². The van der Waals surface area contributed by atoms with E-state index in [4.69, 9.17) is 4.42 Å². The molecule has 0 fully saturated rings. The zero-order valence-corrected chi connectivity index (χ0v) is 14.3. The molecule has 0 radical (unpaired) electrons. The fourth-order valence-corrected chi connectivity index (χ4v) is 3.51. The predicted molar refractivity (Wildman–Crippen MR) is 96.1 cm³/mol. The summed E-state index contributed by atoms with van der Waals surface area (Å²) in [6, 6.07) is 9.53. The third-order valence-corrected chi connectivity index (χ3v) is 4.97. The maximum Gasteiger partial charge on any atom is 0.437 e. The number of carbonyl (C=O) groups excluding carboxylic acids is 1. The summed E-state index contributed by atoms with van der Waals surface area (Å²) >= 11 is 1.42. The molecule has 0 unspecified atom stereocenters. The van der Waals surface area contributed by atoms with Gasteiger partial charge >= 0.3 is 5.76 Å². The van der Waals surface area contributed by atoms with Gasteiger partial charge in [-0.05, 0) is 23.4 Å². The quantitative estimate of drug-likeness (QED) is 0.557. The maximum absolute atomic E-state index is 12.7. The van der Waals surface area contributed by atoms with E-state index in [1.54, 1.807) is 6.20 Å². The third-order valence-electron chi connectivity index (χ3n) is 4.11. The molecule has 4 rings (SSSR count). The Morgan fingerprint density at radius 2 is 2.20 bits per heavy atom. The summed E-state index contributed by atoms with van der Waals surface area (Å²) in [5.74, 6) is -0.585. The largest absolute Gasteiger partial charge is 0.437 e. The molecule has 4 aromatic rings. The van der Waals surface area contributed by atoms with Crippen LogP contribution in [0.1, 0.15) is 22.8 Å². The number of thiophene rings is 1. The average Bonchev–Trinajstić information content (AvgIpc) is 3.34. The number of rotatable bonds is 5. The Kier molecular flexibility index (Phi) is 3.85. The highest BCUT2D eigenvalue weighted by molar-refractivity contribution is 7.13. The van der Waals surface area contributed by atoms with Crippen molar-refractivity contribution in [2.45, 2.75) is 19.9 Å². The van der Waals surface area contributed by atoms with Crippen molar-refractivity contribution in [2.75, 3.05) is 0 Å². The topological polar surface area (TPSA) is 80.9 Å². The van der Waals surface area contributed by atoms with Crippen LogP contribution >= 0.6 is 11.3 Å². The molecule has 6 nitrogen and oxygen atoms in total. The molecule has 0 bridgehead atoms. The molecule has 3 heterocycles. The number of fused-ring (bicyclic) bond motifs is 1. The number of carbonyl (C=O) groups is 1. The summed E-state index contributed by atoms with van der Waals surface area (Å²) in [5.41, 5.74) is 2.66. The van der Waals surface area contributed by atoms with Gasteiger partial charge in [0.1, 0.15) is 6.54 Å². The van der Waals surface area contributed by atoms with Crippen LogP contribution in [0, 0.1) is 0 Å². The van der Waals surface area contributed by atoms with Crippen molar-refractivity contribution in [3.63, 3.8) is 0 Å². The van der Waals surface area contributed by atoms with E-state index < -0.39 is 5.76 Å². The molecule has 0 saturated carbocycles. The molecule has 0 atom stereocenters. The lowest BCUT2D eigenvalue weighted by molar-refractivity contribution is 0.0966. The van der Waals surface area contributed by atoms with Crippen molar-refractivity contribution in [2.24, 2.45) is 0 Å². The Balaban J connectivity index is 1.66. The highest BCUT2D eigenvalue weighted by Gasteiger charge is 2.18. The van der Waals surface area contributed by atoms with Crippen molar-refractivity contribution in [1.82, 2.24) is 14.8 Å². The van der Waals surface area contributed by atoms with E-state index in [1.807, 2.05) is 35.7 Å². The number of ketones is 1. The Labute approximate surface area is 146 Å². The minimum atomic E-state index is -0.633. The van der Waals surface area contributed by atoms with E-state index in [1.165, 1.54) is 11.3 Å². The van der Waals surface area contributed by atoms with Gasteiger partial charge in [-0.2, -0.15) is 4.68 Å². The zero-order valence-electron chi connectivity index (χ0n) is 13.5. The monoisotopic (exact) mass is 353 g/mol. The van der Waals surface area contributed by atoms with Crippen LogP contribution in [0.2, 0.25) is 0 Å². The van der Waals surface area contributed by atoms with Crippen LogP contribution < -0.4 is 5.76 Å². The van der Waals surface area contributed by atoms with Crippen molar-refractivity contribution in [3.8, 4) is 10.8 Å². The van der Waals surface area contributed by atoms with Gasteiger partial charge < -0.3 is 9.40 Å². The average molecular weight is 353 g/mol. The van der Waals surface area contributed by atoms with Crippen LogP contribution in [0.5, 0.6) is 0 Å². The fraction of sp³-hybridized carbons (Fsp3) is 0.167. The Morgan fingerprint density at radius 1 is 1.32 bits per heavy atom. The van der Waals surface area contributed by atoms with Crippen LogP contribution in [-0.4, -0.2) is 20.5 Å². The third kappa shape index (κ3) is 2.72. The second kappa shape index (κ2) is 6.18. The Bertz CT molecular complexity index is 1100. The van der Waals surface area contributed by atoms with Gasteiger partial charge in [-0.1, -0.05) is 31.2 Å². The summed E-state index contributed by atoms with van der Waals surface area (Å²) in [7, 11) is 0. The van der Waals surface area contributed by atoms with E-state index in [-0.39, 0.29) is 18.2 Å². The number of aryl methyl sites for hydroxylation is 1. The molecule has 1 aromatic carbocycles. The first-order valence-corrected chi connectivity index (χ1v) is 8.79. The van der Waals surface area contributed by atoms with Crippen LogP contribution in [0.25, 0.3) is 21.7 Å². The van der Waals surface area contributed by atoms with Gasteiger partial charge in [0.15, 0.2) is 5.78 Å². The van der Waals surface area contributed by atoms with Gasteiger partial charge in [-0.15, -0.1) is 16.4 Å². The van der Waals surface area contributed by atoms with Crippen molar-refractivity contribution in [1.29, 1.82) is 0 Å². The minimum Gasteiger partial charge on any atom is -0.387 e. The first kappa shape index (κ1) is 15.6. The highest BCUT2D eigenvalue weighted by Crippen LogP contribution is 2.24. The molecule has 0 aliphatic carbocycles. The number of nitrogens with zero attached hydrogens (tertiary/aromatic N) is 2. The van der Waals surface area contributed by atoms with Gasteiger partial charge in [-0.25, -0.2) is 4.79 Å². The smallest absolute Gasteiger partial charge is 0.387 e. The summed E-state index contributed by atoms with van der Waals surface area (Å²) in [6.45, 7) is 1.91. The standard InChI is InChI=1S/C18H15N3O3S/c1-2-11-5-3-6-12-13(9-19-16(11)12)14(22)10-21-18(23)24-17(20-21)15-7-4-8-25-15/h3-9,19H,2,10H2,1H3. The number of Topliss-reactive ketones (excluding diaryl/α,β-unsaturated/α-hetero) is 1. The predicted octanol–water partition coefficient (Wildman–Crippen LogP) is 3.49. The highest BCUT2D eigenvalue weighted by atomic mass is 32.1. The van der Waals surface area contributed by atoms with Crippen LogP contribution in [0.15, 0.2) is 51.1 Å². The number of nitrogens with one attached hydrogen (secondary N) is 1. The second-order valence-corrected chi connectivity index (χ2v) is 6.57. The lowest BCUT2D eigenvalue weighted by Crippen LogP contribution is -2.21. The Hall–Kier alpha value is -2.93. The zero-order chi connectivity index (χ0) is 17.4. The summed E-state index contributed by atoms with van der Waals surface area (Å²) in [6.07, 6.45) is 2.57. The van der Waals surface area contributed by atoms with E-state index in [2.05, 4.69) is 17.0 Å². The molecule has 25 heavy (non-hydrogen) atoms. The van der Waals surface area contributed by atoms with Crippen LogP contribution in [0.4, 0.5) is 0 Å². The van der Waals surface area contributed by atoms with Crippen molar-refractivity contribution in [3.05, 3.63) is 63.6 Å². The van der Waals surface area contributed by atoms with Gasteiger partial charge in [-0.3, -0.25) is 4.79 Å². The lowest BCUT2D eigenvalue weighted by atomic mass is 10.1. The molecule has 7 heteroatoms. The van der Waals surface area contributed by atoms with E-state index >= 15 is 0 Å². The number of benzene rings is 1. The van der Waals surface area contributed by atoms with E-state index in [0.29, 0.717) is 5.56 Å². The number of hydrogen-bond donors (Lipinski definition) is 1. The summed E-state index contributed by atoms with van der Waals surface area (Å²) in [5, 5.41) is 6.87. The second-order valence-electron chi connectivity index (χ2n) is 5.63. The van der Waals surface area contributed by atoms with Crippen LogP contribution in [-0.2, 0) is 13.0 Å². The van der Waals surface area contributed by atoms with Gasteiger partial charge in [0.25, 0.3) is 5.89 Å². The van der Waals surface area contributed by atoms with E-state index in [9.17, 15) is 9.59 Å². The molecule has 0 aliphatic heterocycles. The molecule has 1 N–H and O–H groups in total. The first-order valence-electron chi connectivity index (χ1n) is 7.91. The maximum atomic E-state index is 12.7. The van der Waals surface area contributed by atoms with Crippen molar-refractivity contribution >= 4 is 28.0 Å². The SMILES string of the molecule is CCc1cccc2c(C(=O)Cn3nc(-c4cccs4)oc3=O)c[nH]c12. The molecule has 3 aromatic heterocycles. The summed E-state index contributed by atoms with van der Waals surface area (Å²) < 4.78 is 6.22.